The molecule has 0 aliphatic carbocycles. The van der Waals surface area contributed by atoms with Crippen molar-refractivity contribution in [2.45, 2.75) is 12.8 Å². The van der Waals surface area contributed by atoms with E-state index in [1.807, 2.05) is 35.0 Å². The number of aromatic nitrogens is 3. The molecular weight excluding hydrogens is 286 g/mol. The Bertz CT molecular complexity index is 877. The molecule has 3 aromatic rings. The quantitative estimate of drug-likeness (QED) is 0.688. The van der Waals surface area contributed by atoms with Crippen molar-refractivity contribution in [2.75, 3.05) is 0 Å². The van der Waals surface area contributed by atoms with Crippen LogP contribution in [-0.2, 0) is 12.8 Å². The number of aromatic amines is 1. The van der Waals surface area contributed by atoms with E-state index in [-0.39, 0.29) is 5.56 Å². The third kappa shape index (κ3) is 1.91. The highest BCUT2D eigenvalue weighted by Crippen LogP contribution is 2.16. The zero-order valence-electron chi connectivity index (χ0n) is 11.2. The second-order valence-corrected chi connectivity index (χ2v) is 5.56. The maximum Gasteiger partial charge on any atom is 0.402 e. The molecule has 104 valence electrons. The highest BCUT2D eigenvalue weighted by atomic mass is 35.5. The van der Waals surface area contributed by atoms with Crippen LogP contribution in [0.15, 0.2) is 53.3 Å². The minimum atomic E-state index is -0.00757. The Morgan fingerprint density at radius 2 is 1.81 bits per heavy atom. The minimum absolute atomic E-state index is 0.00757. The number of para-hydroxylation sites is 1. The maximum atomic E-state index is 12.6. The summed E-state index contributed by atoms with van der Waals surface area (Å²) >= 11 is 5.90. The van der Waals surface area contributed by atoms with Gasteiger partial charge in [0.2, 0.25) is 5.69 Å². The van der Waals surface area contributed by atoms with Crippen molar-refractivity contribution in [3.63, 3.8) is 0 Å². The molecule has 0 amide bonds. The molecule has 4 rings (SSSR count). The number of fused-ring (bicyclic) bond motifs is 3. The molecule has 0 unspecified atom stereocenters. The van der Waals surface area contributed by atoms with Crippen LogP contribution in [0, 0.1) is 0 Å². The van der Waals surface area contributed by atoms with Gasteiger partial charge in [-0.1, -0.05) is 39.7 Å². The molecule has 4 nitrogen and oxygen atoms in total. The SMILES string of the molecule is O=c1c2[n+]([nH]n1-c1ccc(Cl)cc1)-c1ccccc1CC2. The smallest absolute Gasteiger partial charge is 0.234 e. The maximum absolute atomic E-state index is 12.6. The van der Waals surface area contributed by atoms with Crippen LogP contribution in [0.2, 0.25) is 5.02 Å². The number of hydrogen-bond acceptors (Lipinski definition) is 1. The van der Waals surface area contributed by atoms with E-state index < -0.39 is 0 Å². The highest BCUT2D eigenvalue weighted by Gasteiger charge is 2.28. The summed E-state index contributed by atoms with van der Waals surface area (Å²) in [5, 5.41) is 3.83. The Hall–Kier alpha value is -2.33. The standard InChI is InChI=1S/C16H12ClN3O/c17-12-6-8-13(9-7-12)19-16(21)15-10-5-11-3-1-2-4-14(11)20(15)18-19/h1-4,6-9H,5,10H2/p+1. The van der Waals surface area contributed by atoms with E-state index >= 15 is 0 Å². The molecule has 0 radical (unpaired) electrons. The topological polar surface area (TPSA) is 41.7 Å². The number of rotatable bonds is 1. The molecule has 21 heavy (non-hydrogen) atoms. The van der Waals surface area contributed by atoms with Crippen molar-refractivity contribution in [1.82, 2.24) is 9.90 Å². The number of benzene rings is 2. The zero-order valence-corrected chi connectivity index (χ0v) is 12.0. The molecule has 0 atom stereocenters. The zero-order chi connectivity index (χ0) is 14.4. The van der Waals surface area contributed by atoms with Gasteiger partial charge in [-0.3, -0.25) is 0 Å². The fourth-order valence-electron chi connectivity index (χ4n) is 2.81. The van der Waals surface area contributed by atoms with Crippen LogP contribution in [-0.4, -0.2) is 9.90 Å². The summed E-state index contributed by atoms with van der Waals surface area (Å²) in [5.41, 5.74) is 3.85. The molecule has 5 heteroatoms. The Labute approximate surface area is 126 Å². The van der Waals surface area contributed by atoms with Gasteiger partial charge in [0.1, 0.15) is 0 Å². The number of nitrogens with zero attached hydrogens (tertiary/aromatic N) is 2. The van der Waals surface area contributed by atoms with Crippen molar-refractivity contribution in [3.8, 4) is 11.4 Å². The van der Waals surface area contributed by atoms with Crippen LogP contribution in [0.3, 0.4) is 0 Å². The fraction of sp³-hybridized carbons (Fsp3) is 0.125. The van der Waals surface area contributed by atoms with Gasteiger partial charge < -0.3 is 0 Å². The van der Waals surface area contributed by atoms with Gasteiger partial charge in [0.15, 0.2) is 11.4 Å². The monoisotopic (exact) mass is 298 g/mol. The molecule has 0 spiro atoms. The first-order chi connectivity index (χ1) is 10.2. The summed E-state index contributed by atoms with van der Waals surface area (Å²) in [5.74, 6) is 0. The van der Waals surface area contributed by atoms with Crippen molar-refractivity contribution < 1.29 is 4.68 Å². The second kappa shape index (κ2) is 4.60. The summed E-state index contributed by atoms with van der Waals surface area (Å²) in [6.07, 6.45) is 1.64. The Morgan fingerprint density at radius 1 is 1.05 bits per heavy atom. The van der Waals surface area contributed by atoms with Gasteiger partial charge in [-0.25, -0.2) is 4.79 Å². The van der Waals surface area contributed by atoms with Gasteiger partial charge >= 0.3 is 5.56 Å². The first-order valence-electron chi connectivity index (χ1n) is 6.84. The lowest BCUT2D eigenvalue weighted by Gasteiger charge is -2.10. The van der Waals surface area contributed by atoms with Crippen LogP contribution in [0.1, 0.15) is 11.3 Å². The normalized spacial score (nSPS) is 12.8. The third-order valence-corrected chi connectivity index (χ3v) is 4.12. The molecule has 1 aromatic heterocycles. The van der Waals surface area contributed by atoms with Gasteiger partial charge in [0, 0.05) is 17.0 Å². The molecule has 1 aliphatic rings. The number of aryl methyl sites for hydroxylation is 1. The van der Waals surface area contributed by atoms with Crippen molar-refractivity contribution in [1.29, 1.82) is 0 Å². The van der Waals surface area contributed by atoms with E-state index in [0.717, 1.165) is 29.9 Å². The molecule has 1 N–H and O–H groups in total. The van der Waals surface area contributed by atoms with Gasteiger partial charge in [-0.15, -0.1) is 4.68 Å². The van der Waals surface area contributed by atoms with E-state index in [1.54, 1.807) is 16.8 Å². The van der Waals surface area contributed by atoms with Crippen molar-refractivity contribution in [2.24, 2.45) is 0 Å². The van der Waals surface area contributed by atoms with Gasteiger partial charge in [0.25, 0.3) is 0 Å². The average molecular weight is 299 g/mol. The van der Waals surface area contributed by atoms with Crippen LogP contribution in [0.25, 0.3) is 11.4 Å². The van der Waals surface area contributed by atoms with E-state index in [2.05, 4.69) is 11.3 Å². The van der Waals surface area contributed by atoms with E-state index in [0.29, 0.717) is 5.02 Å². The molecule has 2 aromatic carbocycles. The number of nitrogens with one attached hydrogen (secondary N) is 1. The number of H-pyrrole nitrogens is 1. The minimum Gasteiger partial charge on any atom is -0.234 e. The molecule has 0 saturated carbocycles. The summed E-state index contributed by atoms with van der Waals surface area (Å²) in [7, 11) is 0. The van der Waals surface area contributed by atoms with Crippen LogP contribution >= 0.6 is 11.6 Å². The molecule has 1 aliphatic heterocycles. The number of halogens is 1. The first-order valence-corrected chi connectivity index (χ1v) is 7.22. The summed E-state index contributed by atoms with van der Waals surface area (Å²) in [4.78, 5) is 12.6. The van der Waals surface area contributed by atoms with E-state index in [4.69, 9.17) is 11.6 Å². The molecule has 0 saturated heterocycles. The predicted molar refractivity (Wildman–Crippen MR) is 80.3 cm³/mol. The molecule has 0 bridgehead atoms. The first kappa shape index (κ1) is 12.4. The van der Waals surface area contributed by atoms with Crippen molar-refractivity contribution in [3.05, 3.63) is 75.2 Å². The Morgan fingerprint density at radius 3 is 2.62 bits per heavy atom. The summed E-state index contributed by atoms with van der Waals surface area (Å²) < 4.78 is 3.45. The largest absolute Gasteiger partial charge is 0.402 e. The Balaban J connectivity index is 1.93. The fourth-order valence-corrected chi connectivity index (χ4v) is 2.93. The molecule has 2 heterocycles. The summed E-state index contributed by atoms with van der Waals surface area (Å²) in [6, 6.07) is 15.4. The lowest BCUT2D eigenvalue weighted by Crippen LogP contribution is -2.42. The second-order valence-electron chi connectivity index (χ2n) is 5.13. The Kier molecular flexibility index (Phi) is 2.72. The molecular formula is C16H13ClN3O+. The molecule has 0 fully saturated rings. The van der Waals surface area contributed by atoms with Crippen molar-refractivity contribution >= 4 is 11.6 Å². The number of hydrogen-bond donors (Lipinski definition) is 1. The van der Waals surface area contributed by atoms with Gasteiger partial charge in [-0.05, 0) is 36.8 Å². The summed E-state index contributed by atoms with van der Waals surface area (Å²) in [6.45, 7) is 0. The predicted octanol–water partition coefficient (Wildman–Crippen LogP) is 2.19. The van der Waals surface area contributed by atoms with Gasteiger partial charge in [-0.2, -0.15) is 0 Å². The van der Waals surface area contributed by atoms with Gasteiger partial charge in [0.05, 0.1) is 0 Å². The van der Waals surface area contributed by atoms with Crippen LogP contribution < -0.4 is 10.2 Å². The lowest BCUT2D eigenvalue weighted by molar-refractivity contribution is -0.671. The van der Waals surface area contributed by atoms with Crippen LogP contribution in [0.4, 0.5) is 0 Å². The van der Waals surface area contributed by atoms with E-state index in [9.17, 15) is 4.79 Å². The average Bonchev–Trinajstić information content (AvgIpc) is 2.86. The highest BCUT2D eigenvalue weighted by molar-refractivity contribution is 6.30. The third-order valence-electron chi connectivity index (χ3n) is 3.87. The lowest BCUT2D eigenvalue weighted by atomic mass is 10.0. The van der Waals surface area contributed by atoms with E-state index in [1.165, 1.54) is 5.56 Å². The van der Waals surface area contributed by atoms with Crippen LogP contribution in [0.5, 0.6) is 0 Å².